The van der Waals surface area contributed by atoms with Crippen molar-refractivity contribution in [3.63, 3.8) is 0 Å². The molecule has 0 aromatic carbocycles. The molecule has 3 saturated carbocycles. The standard InChI is InChI=1S/C67H107FN6O26S3/c1-34-27-39-38-15-13-35-28-36(78)14-16-37(35)66(38,68)45(79)29-65(39,2)67(34,96)46(80)33-97-64(95)72-23-8-4-3-7-22-71-59(93)40(11-5-9-20-69-47(81)17-24-101-61-56(90)53(87)50(84)42(30-75)98-61)74-60(94)41(73-49(83)19-26-103-63-58(92)55(89)52(86)44(32-77)100-63)12-6-10-21-70-48(82)18-25-102-62-57(91)54(88)51(85)43(31-76)99-62/h14,16,28,34,37-45,50-58,61-63,75-77,79,84-92,96H,3-13,15,17-27,29-33H2,1-2H3,(H,69,81)(H,70,82)(H,71,93)(H,72,95)(H,73,83)(H,74,94)/t34-,37?,38?,39?,40?,41-,42?,43?,44?,45?,50?,51?,52?,53?,54?,55?,56?,57?,58?,61?,62?,63?,65?,66?,67+/m1/s1. The quantitative estimate of drug-likeness (QED) is 0.0263. The smallest absolute Gasteiger partial charge is 0.407 e. The number of allylic oxidation sites excluding steroid dienone is 4. The van der Waals surface area contributed by atoms with Crippen LogP contribution in [0.1, 0.15) is 123 Å². The summed E-state index contributed by atoms with van der Waals surface area (Å²) in [5, 5.41) is 161. The van der Waals surface area contributed by atoms with Gasteiger partial charge in [0.1, 0.15) is 113 Å². The van der Waals surface area contributed by atoms with Gasteiger partial charge in [-0.3, -0.25) is 33.6 Å². The number of fused-ring (bicyclic) bond motifs is 5. The lowest BCUT2D eigenvalue weighted by Gasteiger charge is -2.59. The van der Waals surface area contributed by atoms with Crippen molar-refractivity contribution in [2.75, 3.05) is 69.9 Å². The molecule has 103 heavy (non-hydrogen) atoms. The van der Waals surface area contributed by atoms with Crippen molar-refractivity contribution in [2.24, 2.45) is 29.1 Å². The van der Waals surface area contributed by atoms with Gasteiger partial charge in [0.05, 0.1) is 25.9 Å². The Morgan fingerprint density at radius 2 is 1.03 bits per heavy atom. The van der Waals surface area contributed by atoms with Crippen LogP contribution < -0.4 is 31.9 Å². The predicted molar refractivity (Wildman–Crippen MR) is 369 cm³/mol. The molecule has 32 nitrogen and oxygen atoms in total. The van der Waals surface area contributed by atoms with Crippen LogP contribution in [-0.4, -0.2) is 308 Å². The topological polar surface area (TPSA) is 529 Å². The van der Waals surface area contributed by atoms with Crippen LogP contribution in [0.4, 0.5) is 9.18 Å². The van der Waals surface area contributed by atoms with Gasteiger partial charge in [0.15, 0.2) is 12.4 Å². The molecular weight excluding hydrogens is 1420 g/mol. The van der Waals surface area contributed by atoms with Gasteiger partial charge >= 0.3 is 6.09 Å². The zero-order valence-corrected chi connectivity index (χ0v) is 60.4. The molecule has 586 valence electrons. The number of rotatable bonds is 39. The summed E-state index contributed by atoms with van der Waals surface area (Å²) in [6, 6.07) is -2.44. The average molecular weight is 1530 g/mol. The third kappa shape index (κ3) is 21.6. The summed E-state index contributed by atoms with van der Waals surface area (Å²) in [7, 11) is 0. The first kappa shape index (κ1) is 86.0. The molecule has 7 aliphatic rings. The first-order valence-corrected chi connectivity index (χ1v) is 38.7. The summed E-state index contributed by atoms with van der Waals surface area (Å²) in [4.78, 5) is 107. The number of thioether (sulfide) groups is 3. The Balaban J connectivity index is 0.896. The Bertz CT molecular complexity index is 2900. The first-order valence-electron chi connectivity index (χ1n) is 35.6. The number of unbranched alkanes of at least 4 members (excludes halogenated alkanes) is 5. The van der Waals surface area contributed by atoms with Crippen LogP contribution in [0.15, 0.2) is 23.8 Å². The molecule has 0 aromatic heterocycles. The number of hydrogen-bond acceptors (Lipinski definition) is 29. The van der Waals surface area contributed by atoms with E-state index < -0.39 is 204 Å². The Kier molecular flexibility index (Phi) is 33.6. The number of alkyl halides is 1. The van der Waals surface area contributed by atoms with E-state index in [-0.39, 0.29) is 112 Å². The van der Waals surface area contributed by atoms with Gasteiger partial charge in [0, 0.05) is 80.0 Å². The summed E-state index contributed by atoms with van der Waals surface area (Å²) in [5.41, 5.74) is -7.99. The van der Waals surface area contributed by atoms with Crippen molar-refractivity contribution in [1.29, 1.82) is 0 Å². The molecule has 0 spiro atoms. The van der Waals surface area contributed by atoms with Gasteiger partial charge in [-0.1, -0.05) is 38.3 Å². The van der Waals surface area contributed by atoms with E-state index in [0.29, 0.717) is 63.4 Å². The van der Waals surface area contributed by atoms with E-state index in [1.54, 1.807) is 13.8 Å². The fourth-order valence-corrected chi connectivity index (χ4v) is 18.6. The van der Waals surface area contributed by atoms with Crippen molar-refractivity contribution >= 4 is 82.5 Å². The summed E-state index contributed by atoms with van der Waals surface area (Å²) < 4.78 is 39.1. The van der Waals surface area contributed by atoms with Crippen molar-refractivity contribution < 1.29 is 133 Å². The van der Waals surface area contributed by atoms with Gasteiger partial charge in [-0.2, -0.15) is 0 Å². The molecule has 7 rings (SSSR count). The summed E-state index contributed by atoms with van der Waals surface area (Å²) in [6.45, 7) is 1.27. The SMILES string of the molecule is C[C@@H]1CC2C3CCC4=CC(=O)C=CC4C3(F)C(O)CC2(C)[C@@]1(O)C(=O)COC(=O)NCCCCCCNC(=O)C(CCCCNC(=O)CCSC1OC(CO)C(O)C(O)C1O)NC(=O)[C@@H](CCCCNC(=O)CCSC1OC(CO)C(O)C(O)C1O)NC(=O)CCSC1OC(CO)C(O)C(O)C1O. The third-order valence-electron chi connectivity index (χ3n) is 21.2. The Morgan fingerprint density at radius 1 is 0.583 bits per heavy atom. The van der Waals surface area contributed by atoms with Crippen molar-refractivity contribution in [3.8, 4) is 0 Å². The van der Waals surface area contributed by atoms with Crippen LogP contribution in [0.2, 0.25) is 0 Å². The van der Waals surface area contributed by atoms with E-state index in [2.05, 4.69) is 31.9 Å². The van der Waals surface area contributed by atoms with Gasteiger partial charge in [-0.25, -0.2) is 9.18 Å². The molecule has 20 N–H and O–H groups in total. The van der Waals surface area contributed by atoms with Crippen LogP contribution in [-0.2, 0) is 52.5 Å². The number of aliphatic hydroxyl groups is 14. The highest BCUT2D eigenvalue weighted by Gasteiger charge is 2.73. The number of carbonyl (C=O) groups excluding carboxylic acids is 8. The van der Waals surface area contributed by atoms with E-state index >= 15 is 4.39 Å². The van der Waals surface area contributed by atoms with Crippen LogP contribution >= 0.6 is 35.3 Å². The zero-order valence-electron chi connectivity index (χ0n) is 58.0. The van der Waals surface area contributed by atoms with E-state index in [9.17, 15) is 110 Å². The lowest BCUT2D eigenvalue weighted by atomic mass is 9.48. The Hall–Kier alpha value is -4.26. The molecule has 0 radical (unpaired) electrons. The van der Waals surface area contributed by atoms with E-state index in [1.165, 1.54) is 18.2 Å². The number of Topliss-reactive ketones (excluding diaryl/α,β-unsaturated/α-hetero) is 1. The third-order valence-corrected chi connectivity index (χ3v) is 24.6. The largest absolute Gasteiger partial charge is 0.441 e. The van der Waals surface area contributed by atoms with Gasteiger partial charge in [-0.05, 0) is 101 Å². The Labute approximate surface area is 609 Å². The maximum atomic E-state index is 17.3. The number of halogens is 1. The molecule has 25 atom stereocenters. The number of nitrogens with one attached hydrogen (secondary N) is 6. The number of ether oxygens (including phenoxy) is 4. The highest BCUT2D eigenvalue weighted by atomic mass is 32.2. The number of amides is 6. The lowest BCUT2D eigenvalue weighted by molar-refractivity contribution is -0.206. The second-order valence-corrected chi connectivity index (χ2v) is 31.7. The number of aliphatic hydroxyl groups excluding tert-OH is 13. The fraction of sp³-hybridized carbons (Fsp3) is 0.821. The molecule has 36 heteroatoms. The minimum Gasteiger partial charge on any atom is -0.441 e. The van der Waals surface area contributed by atoms with Gasteiger partial charge in [0.25, 0.3) is 0 Å². The molecule has 0 aromatic rings. The number of carbonyl (C=O) groups is 8. The monoisotopic (exact) mass is 1530 g/mol. The van der Waals surface area contributed by atoms with E-state index in [4.69, 9.17) is 18.9 Å². The number of alkyl carbamates (subject to hydrolysis) is 1. The van der Waals surface area contributed by atoms with Crippen molar-refractivity contribution in [2.45, 2.75) is 242 Å². The van der Waals surface area contributed by atoms with Crippen LogP contribution in [0.5, 0.6) is 0 Å². The minimum absolute atomic E-state index is 0.00213. The van der Waals surface area contributed by atoms with Crippen LogP contribution in [0.3, 0.4) is 0 Å². The first-order chi connectivity index (χ1) is 49.0. The summed E-state index contributed by atoms with van der Waals surface area (Å²) in [5.74, 6) is -6.16. The van der Waals surface area contributed by atoms with E-state index in [1.807, 2.05) is 0 Å². The lowest BCUT2D eigenvalue weighted by Crippen LogP contribution is -2.67. The molecule has 6 fully saturated rings. The highest BCUT2D eigenvalue weighted by Crippen LogP contribution is 2.68. The van der Waals surface area contributed by atoms with Crippen molar-refractivity contribution in [1.82, 2.24) is 31.9 Å². The average Bonchev–Trinajstić information content (AvgIpc) is 1.58. The molecule has 3 aliphatic heterocycles. The Morgan fingerprint density at radius 3 is 1.51 bits per heavy atom. The zero-order chi connectivity index (χ0) is 75.5. The normalized spacial score (nSPS) is 36.0. The predicted octanol–water partition coefficient (Wildman–Crippen LogP) is -3.77. The summed E-state index contributed by atoms with van der Waals surface area (Å²) >= 11 is 2.93. The number of ketones is 2. The molecular formula is C67H107FN6O26S3. The van der Waals surface area contributed by atoms with Crippen LogP contribution in [0, 0.1) is 29.1 Å². The molecule has 3 heterocycles. The number of hydrogen-bond donors (Lipinski definition) is 20. The molecule has 6 amide bonds. The molecule has 3 saturated heterocycles. The molecule has 22 unspecified atom stereocenters. The van der Waals surface area contributed by atoms with Crippen LogP contribution in [0.25, 0.3) is 0 Å². The molecule has 0 bridgehead atoms. The highest BCUT2D eigenvalue weighted by molar-refractivity contribution is 8.00. The molecule has 4 aliphatic carbocycles. The maximum Gasteiger partial charge on any atom is 0.407 e. The van der Waals surface area contributed by atoms with E-state index in [0.717, 1.165) is 35.3 Å². The fourth-order valence-electron chi connectivity index (χ4n) is 15.3. The van der Waals surface area contributed by atoms with Gasteiger partial charge in [0.2, 0.25) is 35.3 Å². The second kappa shape index (κ2) is 40.3. The minimum atomic E-state index is -2.10. The van der Waals surface area contributed by atoms with Gasteiger partial charge < -0.3 is 122 Å². The summed E-state index contributed by atoms with van der Waals surface area (Å²) in [6.07, 6.45) is -12.0. The van der Waals surface area contributed by atoms with Gasteiger partial charge in [-0.15, -0.1) is 35.3 Å². The second-order valence-electron chi connectivity index (χ2n) is 28.0. The maximum absolute atomic E-state index is 17.3. The van der Waals surface area contributed by atoms with Crippen molar-refractivity contribution in [3.05, 3.63) is 23.8 Å².